The van der Waals surface area contributed by atoms with E-state index in [1.54, 1.807) is 0 Å². The second-order valence-corrected chi connectivity index (χ2v) is 6.63. The van der Waals surface area contributed by atoms with E-state index in [4.69, 9.17) is 0 Å². The summed E-state index contributed by atoms with van der Waals surface area (Å²) in [5, 5.41) is 0. The van der Waals surface area contributed by atoms with Crippen molar-refractivity contribution in [3.63, 3.8) is 0 Å². The van der Waals surface area contributed by atoms with E-state index in [2.05, 4.69) is 9.98 Å². The first-order valence-electron chi connectivity index (χ1n) is 5.50. The lowest BCUT2D eigenvalue weighted by molar-refractivity contribution is 0.330. The molecule has 0 spiro atoms. The molecular weight excluding hydrogens is 363 g/mol. The Bertz CT molecular complexity index is 765. The average Bonchev–Trinajstić information content (AvgIpc) is 2.86. The molecule has 0 atom stereocenters. The largest absolute Gasteiger partial charge is 0.360 e. The zero-order valence-corrected chi connectivity index (χ0v) is 11.4. The third-order valence-corrected chi connectivity index (χ3v) is 3.67. The van der Waals surface area contributed by atoms with E-state index in [-0.39, 0.29) is 5.69 Å². The number of aromatic nitrogens is 1. The summed E-state index contributed by atoms with van der Waals surface area (Å²) in [6.07, 6.45) is 1.98. The second-order valence-electron chi connectivity index (χ2n) is 4.29. The molecule has 2 rings (SSSR count). The van der Waals surface area contributed by atoms with Crippen LogP contribution in [0.15, 0.2) is 28.2 Å². The van der Waals surface area contributed by atoms with Crippen molar-refractivity contribution in [2.24, 2.45) is 4.99 Å². The number of halogens is 9. The van der Waals surface area contributed by atoms with E-state index in [0.29, 0.717) is 6.21 Å². The van der Waals surface area contributed by atoms with Crippen LogP contribution in [0, 0.1) is 23.3 Å². The van der Waals surface area contributed by atoms with Crippen molar-refractivity contribution in [2.75, 3.05) is 0 Å². The van der Waals surface area contributed by atoms with Gasteiger partial charge in [0.15, 0.2) is 28.2 Å². The predicted molar refractivity (Wildman–Crippen MR) is 65.7 cm³/mol. The summed E-state index contributed by atoms with van der Waals surface area (Å²) in [4.78, 5) is 1.52. The van der Waals surface area contributed by atoms with Crippen LogP contribution >= 0.6 is 10.2 Å². The number of H-pyrrole nitrogens is 1. The summed E-state index contributed by atoms with van der Waals surface area (Å²) in [5.41, 5.74) is -1.72. The number of rotatable bonds is 3. The van der Waals surface area contributed by atoms with E-state index < -0.39 is 44.1 Å². The highest BCUT2D eigenvalue weighted by molar-refractivity contribution is 8.45. The number of nitrogens with zero attached hydrogens (tertiary/aromatic N) is 1. The first kappa shape index (κ1) is 17.2. The predicted octanol–water partition coefficient (Wildman–Crippen LogP) is 5.98. The van der Waals surface area contributed by atoms with Gasteiger partial charge < -0.3 is 4.98 Å². The third kappa shape index (κ3) is 3.30. The fraction of sp³-hybridized carbons (Fsp3) is 0. The Kier molecular flexibility index (Phi) is 3.34. The van der Waals surface area contributed by atoms with E-state index in [1.807, 2.05) is 0 Å². The summed E-state index contributed by atoms with van der Waals surface area (Å²) in [6, 6.07) is 2.71. The first-order chi connectivity index (χ1) is 10.2. The lowest BCUT2D eigenvalue weighted by Gasteiger charge is -2.40. The number of benzene rings is 1. The molecule has 0 unspecified atom stereocenters. The van der Waals surface area contributed by atoms with Crippen LogP contribution in [0.2, 0.25) is 0 Å². The maximum Gasteiger partial charge on any atom is 0.316 e. The number of nitrogens with one attached hydrogen (secondary N) is 1. The smallest absolute Gasteiger partial charge is 0.316 e. The Morgan fingerprint density at radius 1 is 0.870 bits per heavy atom. The van der Waals surface area contributed by atoms with Crippen LogP contribution in [0.25, 0.3) is 0 Å². The minimum absolute atomic E-state index is 0.0846. The van der Waals surface area contributed by atoms with Crippen molar-refractivity contribution in [1.29, 1.82) is 0 Å². The molecule has 0 amide bonds. The molecule has 0 aliphatic heterocycles. The molecule has 0 bridgehead atoms. The number of hydrogen-bond donors (Lipinski definition) is 1. The maximum atomic E-state index is 13.5. The first-order valence-corrected chi connectivity index (χ1v) is 7.45. The zero-order chi connectivity index (χ0) is 17.7. The fourth-order valence-corrected chi connectivity index (χ4v) is 2.47. The Morgan fingerprint density at radius 2 is 1.39 bits per heavy atom. The van der Waals surface area contributed by atoms with Gasteiger partial charge in [-0.25, -0.2) is 22.6 Å². The molecule has 0 aliphatic rings. The number of hydrogen-bond acceptors (Lipinski definition) is 1. The van der Waals surface area contributed by atoms with Gasteiger partial charge >= 0.3 is 10.2 Å². The molecular formula is C11H5F9N2S. The lowest BCUT2D eigenvalue weighted by atomic mass is 10.2. The Hall–Kier alpha value is -2.11. The third-order valence-electron chi connectivity index (χ3n) is 2.54. The fourth-order valence-electron chi connectivity index (χ4n) is 1.61. The highest BCUT2D eigenvalue weighted by Crippen LogP contribution is 3.02. The molecule has 0 aliphatic carbocycles. The monoisotopic (exact) mass is 368 g/mol. The van der Waals surface area contributed by atoms with Crippen LogP contribution in [0.3, 0.4) is 0 Å². The Morgan fingerprint density at radius 3 is 1.78 bits per heavy atom. The SMILES string of the molecule is Fc1c(F)c(S(F)(F)(F)(F)F)c(F)c(F)c1N=Cc1ccc[nH]1. The van der Waals surface area contributed by atoms with Crippen molar-refractivity contribution < 1.29 is 37.0 Å². The van der Waals surface area contributed by atoms with Crippen LogP contribution in [0.1, 0.15) is 5.69 Å². The van der Waals surface area contributed by atoms with Gasteiger partial charge in [-0.05, 0) is 12.1 Å². The molecule has 128 valence electrons. The standard InChI is InChI=1S/C11H5F9N2S/c12-6-8(14)11(23(16,17,18,19)20)9(15)7(13)10(6)22-4-5-2-1-3-21-5/h1-4,21H. The van der Waals surface area contributed by atoms with E-state index in [1.165, 1.54) is 18.3 Å². The van der Waals surface area contributed by atoms with Crippen molar-refractivity contribution >= 4 is 22.1 Å². The summed E-state index contributed by atoms with van der Waals surface area (Å²) in [5.74, 6) is -11.9. The van der Waals surface area contributed by atoms with Gasteiger partial charge in [0.05, 0.1) is 11.9 Å². The van der Waals surface area contributed by atoms with Gasteiger partial charge in [-0.15, -0.1) is 0 Å². The topological polar surface area (TPSA) is 28.1 Å². The van der Waals surface area contributed by atoms with E-state index >= 15 is 0 Å². The van der Waals surface area contributed by atoms with Crippen molar-refractivity contribution in [1.82, 2.24) is 4.98 Å². The molecule has 0 fully saturated rings. The molecule has 0 saturated heterocycles. The summed E-state index contributed by atoms with van der Waals surface area (Å²) < 4.78 is 116. The molecule has 1 heterocycles. The highest BCUT2D eigenvalue weighted by Gasteiger charge is 2.70. The molecule has 2 aromatic rings. The van der Waals surface area contributed by atoms with Gasteiger partial charge in [0.2, 0.25) is 0 Å². The van der Waals surface area contributed by atoms with Crippen LogP contribution in [-0.2, 0) is 0 Å². The Balaban J connectivity index is 2.72. The minimum atomic E-state index is -11.0. The zero-order valence-electron chi connectivity index (χ0n) is 10.6. The van der Waals surface area contributed by atoms with Crippen molar-refractivity contribution in [3.05, 3.63) is 47.3 Å². The average molecular weight is 368 g/mol. The number of aliphatic imine (C=N–C) groups is 1. The molecule has 0 saturated carbocycles. The summed E-state index contributed by atoms with van der Waals surface area (Å²) in [7, 11) is -11.0. The van der Waals surface area contributed by atoms with Gasteiger partial charge in [-0.3, -0.25) is 0 Å². The normalized spacial score (nSPS) is 15.7. The molecule has 23 heavy (non-hydrogen) atoms. The number of aromatic amines is 1. The quantitative estimate of drug-likeness (QED) is 0.392. The van der Waals surface area contributed by atoms with Crippen molar-refractivity contribution in [3.8, 4) is 0 Å². The summed E-state index contributed by atoms with van der Waals surface area (Å²) >= 11 is 0. The maximum absolute atomic E-state index is 13.5. The summed E-state index contributed by atoms with van der Waals surface area (Å²) in [6.45, 7) is 0. The molecule has 1 N–H and O–H groups in total. The van der Waals surface area contributed by atoms with Crippen LogP contribution in [-0.4, -0.2) is 11.2 Å². The van der Waals surface area contributed by atoms with Crippen LogP contribution in [0.4, 0.5) is 42.7 Å². The van der Waals surface area contributed by atoms with Crippen LogP contribution in [0.5, 0.6) is 0 Å². The van der Waals surface area contributed by atoms with Gasteiger partial charge in [-0.2, -0.15) is 0 Å². The Labute approximate surface area is 122 Å². The lowest BCUT2D eigenvalue weighted by Crippen LogP contribution is -2.14. The van der Waals surface area contributed by atoms with E-state index in [0.717, 1.165) is 0 Å². The van der Waals surface area contributed by atoms with E-state index in [9.17, 15) is 37.0 Å². The van der Waals surface area contributed by atoms with Gasteiger partial charge in [0, 0.05) is 6.20 Å². The van der Waals surface area contributed by atoms with Gasteiger partial charge in [0.1, 0.15) is 5.69 Å². The van der Waals surface area contributed by atoms with Crippen molar-refractivity contribution in [2.45, 2.75) is 4.90 Å². The van der Waals surface area contributed by atoms with Crippen LogP contribution < -0.4 is 0 Å². The second kappa shape index (κ2) is 4.46. The molecule has 1 aromatic heterocycles. The van der Waals surface area contributed by atoms with Gasteiger partial charge in [-0.1, -0.05) is 19.4 Å². The minimum Gasteiger partial charge on any atom is -0.360 e. The molecule has 1 aromatic carbocycles. The van der Waals surface area contributed by atoms with Gasteiger partial charge in [0.25, 0.3) is 0 Å². The highest BCUT2D eigenvalue weighted by atomic mass is 32.5. The molecule has 2 nitrogen and oxygen atoms in total. The molecule has 12 heteroatoms. The molecule has 0 radical (unpaired) electrons.